The molecule has 1 fully saturated rings. The molecule has 1 saturated heterocycles. The Morgan fingerprint density at radius 3 is 1.96 bits per heavy atom. The molecule has 2 heterocycles. The number of fused-ring (bicyclic) bond motifs is 1. The van der Waals surface area contributed by atoms with Crippen LogP contribution in [-0.2, 0) is 19.5 Å². The van der Waals surface area contributed by atoms with Crippen LogP contribution < -0.4 is 20.7 Å². The van der Waals surface area contributed by atoms with Crippen molar-refractivity contribution in [1.82, 2.24) is 9.55 Å². The number of methoxy groups -OCH3 is 2. The highest BCUT2D eigenvalue weighted by Gasteiger charge is 2.47. The van der Waals surface area contributed by atoms with Crippen molar-refractivity contribution in [1.29, 1.82) is 0 Å². The minimum atomic E-state index is -2.37. The molecule has 5 aromatic rings. The van der Waals surface area contributed by atoms with E-state index in [4.69, 9.17) is 35.0 Å². The summed E-state index contributed by atoms with van der Waals surface area (Å²) >= 11 is 6.28. The molecule has 51 heavy (non-hydrogen) atoms. The molecule has 9 nitrogen and oxygen atoms in total. The van der Waals surface area contributed by atoms with Crippen LogP contribution in [0.5, 0.6) is 11.5 Å². The van der Waals surface area contributed by atoms with Crippen LogP contribution in [0.25, 0.3) is 10.9 Å². The standard InChI is InChI=1S/C40H45ClN2O7Si/c1-39(2,3)51(6,7)50-35-24-32(49-37(35)43-34-22-17-29(41)23-33(34)36(44)42-38(43)45)25-48-40(26-11-9-8-10-12-26,27-13-18-30(46-4)19-14-27)28-15-20-31(47-5)21-16-28/h8-23,32,35,37H,24-25H2,1-7H3,(H,42,44,45)/t32-,35-,37-/m1/s1. The fraction of sp³-hybridized carbons (Fsp3) is 0.350. The smallest absolute Gasteiger partial charge is 0.331 e. The molecular weight excluding hydrogens is 684 g/mol. The third kappa shape index (κ3) is 7.16. The molecule has 0 aliphatic carbocycles. The van der Waals surface area contributed by atoms with Gasteiger partial charge in [0.2, 0.25) is 0 Å². The summed E-state index contributed by atoms with van der Waals surface area (Å²) in [6.45, 7) is 11.0. The zero-order valence-electron chi connectivity index (χ0n) is 30.1. The number of H-pyrrole nitrogens is 1. The molecule has 1 aliphatic heterocycles. The van der Waals surface area contributed by atoms with E-state index < -0.39 is 43.6 Å². The van der Waals surface area contributed by atoms with E-state index in [1.54, 1.807) is 32.4 Å². The number of benzene rings is 4. The van der Waals surface area contributed by atoms with Gasteiger partial charge in [0.05, 0.1) is 43.9 Å². The van der Waals surface area contributed by atoms with E-state index in [0.29, 0.717) is 22.3 Å². The number of aromatic amines is 1. The van der Waals surface area contributed by atoms with Gasteiger partial charge in [-0.25, -0.2) is 4.79 Å². The quantitative estimate of drug-likeness (QED) is 0.109. The summed E-state index contributed by atoms with van der Waals surface area (Å²) in [6.07, 6.45) is -1.37. The van der Waals surface area contributed by atoms with Gasteiger partial charge >= 0.3 is 5.69 Å². The number of ether oxygens (including phenoxy) is 4. The average Bonchev–Trinajstić information content (AvgIpc) is 3.50. The van der Waals surface area contributed by atoms with Crippen molar-refractivity contribution in [3.63, 3.8) is 0 Å². The van der Waals surface area contributed by atoms with E-state index in [9.17, 15) is 9.59 Å². The van der Waals surface area contributed by atoms with Crippen LogP contribution in [0.4, 0.5) is 0 Å². The zero-order valence-corrected chi connectivity index (χ0v) is 31.8. The highest BCUT2D eigenvalue weighted by Crippen LogP contribution is 2.45. The summed E-state index contributed by atoms with van der Waals surface area (Å²) < 4.78 is 33.5. The molecule has 6 rings (SSSR count). The molecule has 0 bridgehead atoms. The zero-order chi connectivity index (χ0) is 36.6. The van der Waals surface area contributed by atoms with Crippen molar-refractivity contribution in [2.24, 2.45) is 0 Å². The van der Waals surface area contributed by atoms with Crippen molar-refractivity contribution in [2.45, 2.75) is 69.4 Å². The third-order valence-electron chi connectivity index (χ3n) is 10.2. The summed E-state index contributed by atoms with van der Waals surface area (Å²) in [5.41, 5.74) is 0.962. The Bertz CT molecular complexity index is 2040. The Labute approximate surface area is 304 Å². The lowest BCUT2D eigenvalue weighted by Gasteiger charge is -2.39. The molecular formula is C40H45ClN2O7Si. The first kappa shape index (κ1) is 36.6. The van der Waals surface area contributed by atoms with Crippen molar-refractivity contribution in [2.75, 3.05) is 20.8 Å². The van der Waals surface area contributed by atoms with Gasteiger partial charge in [-0.2, -0.15) is 0 Å². The number of hydrogen-bond acceptors (Lipinski definition) is 7. The fourth-order valence-corrected chi connectivity index (χ4v) is 7.99. The first-order valence-corrected chi connectivity index (χ1v) is 20.3. The number of rotatable bonds is 11. The lowest BCUT2D eigenvalue weighted by atomic mass is 9.80. The van der Waals surface area contributed by atoms with E-state index in [0.717, 1.165) is 28.2 Å². The Balaban J connectivity index is 1.45. The summed E-state index contributed by atoms with van der Waals surface area (Å²) in [4.78, 5) is 29.0. The van der Waals surface area contributed by atoms with Gasteiger partial charge in [-0.3, -0.25) is 14.3 Å². The van der Waals surface area contributed by atoms with Gasteiger partial charge in [0.1, 0.15) is 17.1 Å². The van der Waals surface area contributed by atoms with Gasteiger partial charge in [0, 0.05) is 11.4 Å². The monoisotopic (exact) mass is 728 g/mol. The number of nitrogens with one attached hydrogen (secondary N) is 1. The normalized spacial score (nSPS) is 18.2. The molecule has 1 N–H and O–H groups in total. The Kier molecular flexibility index (Phi) is 10.4. The highest BCUT2D eigenvalue weighted by atomic mass is 35.5. The van der Waals surface area contributed by atoms with E-state index in [1.165, 1.54) is 4.57 Å². The van der Waals surface area contributed by atoms with Crippen molar-refractivity contribution in [3.05, 3.63) is 140 Å². The van der Waals surface area contributed by atoms with Crippen LogP contribution in [-0.4, -0.2) is 50.9 Å². The number of nitrogens with zero attached hydrogens (tertiary/aromatic N) is 1. The van der Waals surface area contributed by atoms with Gasteiger partial charge in [0.15, 0.2) is 14.5 Å². The van der Waals surface area contributed by atoms with Crippen LogP contribution in [0.3, 0.4) is 0 Å². The largest absolute Gasteiger partial charge is 0.497 e. The topological polar surface area (TPSA) is 101 Å². The second-order valence-corrected chi connectivity index (χ2v) is 19.6. The number of hydrogen-bond donors (Lipinski definition) is 1. The molecule has 0 unspecified atom stereocenters. The van der Waals surface area contributed by atoms with Crippen molar-refractivity contribution in [3.8, 4) is 11.5 Å². The minimum absolute atomic E-state index is 0.108. The lowest BCUT2D eigenvalue weighted by Crippen LogP contribution is -2.46. The average molecular weight is 729 g/mol. The highest BCUT2D eigenvalue weighted by molar-refractivity contribution is 6.74. The van der Waals surface area contributed by atoms with Crippen LogP contribution in [0.1, 0.15) is 50.1 Å². The van der Waals surface area contributed by atoms with Gasteiger partial charge in [-0.05, 0) is 77.3 Å². The second kappa shape index (κ2) is 14.4. The molecule has 1 aromatic heterocycles. The summed E-state index contributed by atoms with van der Waals surface area (Å²) in [5, 5.41) is 0.571. The second-order valence-electron chi connectivity index (χ2n) is 14.4. The van der Waals surface area contributed by atoms with Crippen LogP contribution >= 0.6 is 11.6 Å². The maximum Gasteiger partial charge on any atom is 0.331 e. The Hall–Kier alpha value is -4.19. The molecule has 0 saturated carbocycles. The SMILES string of the molecule is COc1ccc(C(OC[C@H]2C[C@@H](O[Si](C)(C)C(C)(C)C)[C@H](n3c(=O)[nH]c(=O)c4cc(Cl)ccc43)O2)(c2ccccc2)c2ccc(OC)cc2)cc1. The first-order chi connectivity index (χ1) is 24.3. The number of halogens is 1. The molecule has 3 atom stereocenters. The van der Waals surface area contributed by atoms with Crippen LogP contribution in [0, 0.1) is 0 Å². The van der Waals surface area contributed by atoms with E-state index >= 15 is 0 Å². The Morgan fingerprint density at radius 1 is 0.843 bits per heavy atom. The van der Waals surface area contributed by atoms with Crippen molar-refractivity contribution < 1.29 is 23.4 Å². The molecule has 0 amide bonds. The summed E-state index contributed by atoms with van der Waals surface area (Å²) in [6, 6.07) is 30.7. The van der Waals surface area contributed by atoms with Crippen LogP contribution in [0.2, 0.25) is 23.2 Å². The maximum atomic E-state index is 13.6. The van der Waals surface area contributed by atoms with Gasteiger partial charge in [-0.15, -0.1) is 0 Å². The molecule has 268 valence electrons. The summed E-state index contributed by atoms with van der Waals surface area (Å²) in [5.74, 6) is 1.45. The van der Waals surface area contributed by atoms with E-state index in [-0.39, 0.29) is 11.6 Å². The van der Waals surface area contributed by atoms with Crippen molar-refractivity contribution >= 4 is 30.8 Å². The molecule has 0 radical (unpaired) electrons. The molecule has 0 spiro atoms. The predicted molar refractivity (Wildman–Crippen MR) is 203 cm³/mol. The van der Waals surface area contributed by atoms with E-state index in [1.807, 2.05) is 78.9 Å². The number of aromatic nitrogens is 2. The maximum absolute atomic E-state index is 13.6. The van der Waals surface area contributed by atoms with E-state index in [2.05, 4.69) is 38.8 Å². The lowest BCUT2D eigenvalue weighted by molar-refractivity contribution is -0.0851. The first-order valence-electron chi connectivity index (χ1n) is 17.0. The molecule has 4 aromatic carbocycles. The fourth-order valence-electron chi connectivity index (χ4n) is 6.49. The molecule has 11 heteroatoms. The van der Waals surface area contributed by atoms with Crippen LogP contribution in [0.15, 0.2) is 107 Å². The minimum Gasteiger partial charge on any atom is -0.497 e. The molecule has 1 aliphatic rings. The van der Waals surface area contributed by atoms with Gasteiger partial charge in [-0.1, -0.05) is 87.0 Å². The Morgan fingerprint density at radius 2 is 1.41 bits per heavy atom. The predicted octanol–water partition coefficient (Wildman–Crippen LogP) is 8.05. The van der Waals surface area contributed by atoms with Gasteiger partial charge < -0.3 is 23.4 Å². The summed E-state index contributed by atoms with van der Waals surface area (Å²) in [7, 11) is 0.912. The third-order valence-corrected chi connectivity index (χ3v) is 15.0. The van der Waals surface area contributed by atoms with Gasteiger partial charge in [0.25, 0.3) is 5.56 Å².